The van der Waals surface area contributed by atoms with Gasteiger partial charge in [-0.25, -0.2) is 17.9 Å². The molecule has 1 aliphatic heterocycles. The topological polar surface area (TPSA) is 104 Å². The molecule has 2 N–H and O–H groups in total. The van der Waals surface area contributed by atoms with Gasteiger partial charge in [-0.15, -0.1) is 0 Å². The molecular formula is C28H29N5O3S. The van der Waals surface area contributed by atoms with Crippen molar-refractivity contribution in [3.05, 3.63) is 89.7 Å². The van der Waals surface area contributed by atoms with Gasteiger partial charge in [-0.2, -0.15) is 5.10 Å². The summed E-state index contributed by atoms with van der Waals surface area (Å²) in [6.45, 7) is 0. The van der Waals surface area contributed by atoms with Crippen LogP contribution in [0.5, 0.6) is 0 Å². The molecule has 190 valence electrons. The van der Waals surface area contributed by atoms with Gasteiger partial charge in [-0.05, 0) is 61.2 Å². The van der Waals surface area contributed by atoms with Gasteiger partial charge in [-0.3, -0.25) is 9.99 Å². The van der Waals surface area contributed by atoms with Gasteiger partial charge in [0.15, 0.2) is 0 Å². The van der Waals surface area contributed by atoms with Crippen LogP contribution in [0.15, 0.2) is 82.9 Å². The van der Waals surface area contributed by atoms with E-state index in [2.05, 4.69) is 33.2 Å². The number of carbonyl (C=O) groups excluding carboxylic acids is 1. The molecule has 1 aromatic heterocycles. The quantitative estimate of drug-likeness (QED) is 0.519. The fraction of sp³-hybridized carbons (Fsp3) is 0.321. The van der Waals surface area contributed by atoms with Crippen molar-refractivity contribution < 1.29 is 13.2 Å². The van der Waals surface area contributed by atoms with E-state index >= 15 is 0 Å². The molecule has 1 fully saturated rings. The maximum absolute atomic E-state index is 12.9. The fourth-order valence-electron chi connectivity index (χ4n) is 5.74. The highest BCUT2D eigenvalue weighted by atomic mass is 32.2. The van der Waals surface area contributed by atoms with Gasteiger partial charge < -0.3 is 5.32 Å². The highest BCUT2D eigenvalue weighted by Gasteiger charge is 2.44. The van der Waals surface area contributed by atoms with E-state index < -0.39 is 16.1 Å². The number of pyridine rings is 1. The summed E-state index contributed by atoms with van der Waals surface area (Å²) in [5.41, 5.74) is 5.15. The normalized spacial score (nSPS) is 21.2. The number of urea groups is 1. The molecule has 0 bridgehead atoms. The number of hydrogen-bond acceptors (Lipinski definition) is 6. The van der Waals surface area contributed by atoms with E-state index in [9.17, 15) is 13.2 Å². The van der Waals surface area contributed by atoms with E-state index in [0.717, 1.165) is 61.2 Å². The Kier molecular flexibility index (Phi) is 6.16. The second kappa shape index (κ2) is 9.63. The predicted octanol–water partition coefficient (Wildman–Crippen LogP) is 4.54. The lowest BCUT2D eigenvalue weighted by molar-refractivity contribution is 0.237. The minimum Gasteiger partial charge on any atom is -0.335 e. The fourth-order valence-corrected chi connectivity index (χ4v) is 6.66. The van der Waals surface area contributed by atoms with Crippen molar-refractivity contribution in [3.8, 4) is 0 Å². The van der Waals surface area contributed by atoms with Crippen LogP contribution >= 0.6 is 0 Å². The predicted molar refractivity (Wildman–Crippen MR) is 142 cm³/mol. The number of rotatable bonds is 5. The zero-order valence-electron chi connectivity index (χ0n) is 20.4. The van der Waals surface area contributed by atoms with Crippen LogP contribution in [0.4, 0.5) is 10.5 Å². The summed E-state index contributed by atoms with van der Waals surface area (Å²) in [6.07, 6.45) is 7.67. The Hall–Kier alpha value is -3.72. The average Bonchev–Trinajstić information content (AvgIpc) is 3.46. The highest BCUT2D eigenvalue weighted by molar-refractivity contribution is 7.90. The van der Waals surface area contributed by atoms with Gasteiger partial charge >= 0.3 is 6.03 Å². The SMILES string of the molecule is O=C(NC1CCCCC1)NS(=O)(=O)c1ccc(N2N=C3c4ccccc4CC3C2c2ccccn2)cc1. The highest BCUT2D eigenvalue weighted by Crippen LogP contribution is 2.45. The van der Waals surface area contributed by atoms with Crippen LogP contribution in [0, 0.1) is 5.92 Å². The standard InChI is InChI=1S/C28H29N5O3S/c34-28(30-20-9-2-1-3-10-20)32-37(35,36)22-15-13-21(14-16-22)33-27(25-12-6-7-17-29-25)24-18-19-8-4-5-11-23(19)26(24)31-33/h4-8,11-17,20,24,27H,1-3,9-10,18H2,(H2,30,32,34). The molecule has 2 aliphatic carbocycles. The minimum absolute atomic E-state index is 0.0220. The van der Waals surface area contributed by atoms with E-state index in [1.165, 1.54) is 17.7 Å². The molecule has 2 aromatic carbocycles. The van der Waals surface area contributed by atoms with E-state index in [-0.39, 0.29) is 22.9 Å². The molecule has 3 aliphatic rings. The third kappa shape index (κ3) is 4.59. The van der Waals surface area contributed by atoms with Crippen molar-refractivity contribution in [1.82, 2.24) is 15.0 Å². The van der Waals surface area contributed by atoms with E-state index in [1.807, 2.05) is 29.3 Å². The molecule has 2 amide bonds. The lowest BCUT2D eigenvalue weighted by Crippen LogP contribution is -2.45. The summed E-state index contributed by atoms with van der Waals surface area (Å²) in [7, 11) is -4.00. The van der Waals surface area contributed by atoms with E-state index in [4.69, 9.17) is 5.10 Å². The Balaban J connectivity index is 1.25. The number of anilines is 1. The first-order valence-corrected chi connectivity index (χ1v) is 14.3. The number of carbonyl (C=O) groups is 1. The molecular weight excluding hydrogens is 486 g/mol. The van der Waals surface area contributed by atoms with Crippen molar-refractivity contribution in [3.63, 3.8) is 0 Å². The third-order valence-electron chi connectivity index (χ3n) is 7.51. The molecule has 2 atom stereocenters. The molecule has 6 rings (SSSR count). The summed E-state index contributed by atoms with van der Waals surface area (Å²) in [6, 6.07) is 19.9. The maximum Gasteiger partial charge on any atom is 0.328 e. The summed E-state index contributed by atoms with van der Waals surface area (Å²) in [5.74, 6) is 0.154. The van der Waals surface area contributed by atoms with Gasteiger partial charge in [0.25, 0.3) is 10.0 Å². The smallest absolute Gasteiger partial charge is 0.328 e. The summed E-state index contributed by atoms with van der Waals surface area (Å²) < 4.78 is 27.9. The number of hydrogen-bond donors (Lipinski definition) is 2. The van der Waals surface area contributed by atoms with Crippen molar-refractivity contribution in [1.29, 1.82) is 0 Å². The maximum atomic E-state index is 12.9. The number of fused-ring (bicyclic) bond motifs is 3. The third-order valence-corrected chi connectivity index (χ3v) is 8.86. The first kappa shape index (κ1) is 23.7. The van der Waals surface area contributed by atoms with Crippen LogP contribution in [0.25, 0.3) is 0 Å². The Morgan fingerprint density at radius 3 is 2.43 bits per heavy atom. The van der Waals surface area contributed by atoms with Crippen LogP contribution in [0.1, 0.15) is 55.0 Å². The molecule has 1 saturated carbocycles. The molecule has 2 heterocycles. The van der Waals surface area contributed by atoms with Crippen LogP contribution in [0.3, 0.4) is 0 Å². The lowest BCUT2D eigenvalue weighted by Gasteiger charge is -2.27. The first-order valence-electron chi connectivity index (χ1n) is 12.8. The Bertz CT molecular complexity index is 1430. The van der Waals surface area contributed by atoms with Gasteiger partial charge in [-0.1, -0.05) is 49.6 Å². The van der Waals surface area contributed by atoms with Gasteiger partial charge in [0.05, 0.1) is 22.0 Å². The molecule has 3 aromatic rings. The Labute approximate surface area is 216 Å². The number of benzene rings is 2. The molecule has 8 nitrogen and oxygen atoms in total. The average molecular weight is 516 g/mol. The minimum atomic E-state index is -4.00. The number of amides is 2. The van der Waals surface area contributed by atoms with Crippen molar-refractivity contribution in [2.75, 3.05) is 5.01 Å². The number of nitrogens with one attached hydrogen (secondary N) is 2. The number of aromatic nitrogens is 1. The van der Waals surface area contributed by atoms with Crippen LogP contribution in [-0.2, 0) is 16.4 Å². The Morgan fingerprint density at radius 1 is 0.919 bits per heavy atom. The second-order valence-corrected chi connectivity index (χ2v) is 11.6. The van der Waals surface area contributed by atoms with Crippen LogP contribution in [0.2, 0.25) is 0 Å². The van der Waals surface area contributed by atoms with Gasteiger partial charge in [0.1, 0.15) is 6.04 Å². The zero-order valence-corrected chi connectivity index (χ0v) is 21.2. The Morgan fingerprint density at radius 2 is 1.68 bits per heavy atom. The van der Waals surface area contributed by atoms with Crippen LogP contribution < -0.4 is 15.0 Å². The monoisotopic (exact) mass is 515 g/mol. The van der Waals surface area contributed by atoms with Crippen molar-refractivity contribution in [2.45, 2.75) is 55.5 Å². The molecule has 0 radical (unpaired) electrons. The van der Waals surface area contributed by atoms with Gasteiger partial charge in [0.2, 0.25) is 0 Å². The zero-order chi connectivity index (χ0) is 25.4. The lowest BCUT2D eigenvalue weighted by atomic mass is 9.93. The summed E-state index contributed by atoms with van der Waals surface area (Å²) in [4.78, 5) is 17.0. The van der Waals surface area contributed by atoms with Crippen molar-refractivity contribution >= 4 is 27.5 Å². The number of hydrazone groups is 1. The second-order valence-electron chi connectivity index (χ2n) is 9.90. The molecule has 37 heavy (non-hydrogen) atoms. The molecule has 0 spiro atoms. The number of nitrogens with zero attached hydrogens (tertiary/aromatic N) is 3. The van der Waals surface area contributed by atoms with Crippen LogP contribution in [-0.4, -0.2) is 31.2 Å². The first-order chi connectivity index (χ1) is 18.0. The molecule has 9 heteroatoms. The number of sulfonamides is 1. The molecule has 2 unspecified atom stereocenters. The van der Waals surface area contributed by atoms with Crippen molar-refractivity contribution in [2.24, 2.45) is 11.0 Å². The summed E-state index contributed by atoms with van der Waals surface area (Å²) in [5, 5.41) is 9.74. The van der Waals surface area contributed by atoms with E-state index in [1.54, 1.807) is 18.3 Å². The molecule has 0 saturated heterocycles. The van der Waals surface area contributed by atoms with Gasteiger partial charge in [0, 0.05) is 23.7 Å². The largest absolute Gasteiger partial charge is 0.335 e. The summed E-state index contributed by atoms with van der Waals surface area (Å²) >= 11 is 0. The van der Waals surface area contributed by atoms with E-state index in [0.29, 0.717) is 0 Å².